The van der Waals surface area contributed by atoms with E-state index in [-0.39, 0.29) is 24.6 Å². The first-order valence-electron chi connectivity index (χ1n) is 12.7. The van der Waals surface area contributed by atoms with E-state index >= 15 is 0 Å². The van der Waals surface area contributed by atoms with Crippen molar-refractivity contribution in [2.24, 2.45) is 0 Å². The number of carbonyl (C=O) groups is 2. The molecule has 0 bridgehead atoms. The third-order valence-electron chi connectivity index (χ3n) is 6.14. The molecule has 0 aliphatic rings. The number of anilines is 1. The van der Waals surface area contributed by atoms with Gasteiger partial charge < -0.3 is 10.2 Å². The highest BCUT2D eigenvalue weighted by atomic mass is 35.5. The Hall–Kier alpha value is -3.43. The van der Waals surface area contributed by atoms with Crippen LogP contribution in [0.25, 0.3) is 0 Å². The van der Waals surface area contributed by atoms with E-state index in [9.17, 15) is 22.4 Å². The molecule has 39 heavy (non-hydrogen) atoms. The quantitative estimate of drug-likeness (QED) is 0.298. The topological polar surface area (TPSA) is 86.8 Å². The Morgan fingerprint density at radius 3 is 2.28 bits per heavy atom. The van der Waals surface area contributed by atoms with Gasteiger partial charge in [0.25, 0.3) is 0 Å². The Bertz CT molecular complexity index is 1370. The predicted molar refractivity (Wildman–Crippen MR) is 152 cm³/mol. The van der Waals surface area contributed by atoms with Gasteiger partial charge in [0.15, 0.2) is 0 Å². The highest BCUT2D eigenvalue weighted by molar-refractivity contribution is 7.92. The van der Waals surface area contributed by atoms with Crippen LogP contribution in [0, 0.1) is 5.82 Å². The minimum Gasteiger partial charge on any atom is -0.354 e. The Balaban J connectivity index is 2.04. The maximum atomic E-state index is 14.7. The average molecular weight is 574 g/mol. The smallest absolute Gasteiger partial charge is 0.244 e. The molecule has 2 amide bonds. The summed E-state index contributed by atoms with van der Waals surface area (Å²) in [6.07, 6.45) is 2.75. The maximum absolute atomic E-state index is 14.7. The summed E-state index contributed by atoms with van der Waals surface area (Å²) in [6, 6.07) is 20.5. The molecule has 3 rings (SSSR count). The Kier molecular flexibility index (Phi) is 10.9. The van der Waals surface area contributed by atoms with E-state index in [0.717, 1.165) is 35.0 Å². The van der Waals surface area contributed by atoms with E-state index in [4.69, 9.17) is 11.6 Å². The van der Waals surface area contributed by atoms with Gasteiger partial charge in [-0.05, 0) is 41.8 Å². The number of hydrogen-bond acceptors (Lipinski definition) is 4. The molecule has 7 nitrogen and oxygen atoms in total. The first kappa shape index (κ1) is 30.1. The zero-order valence-electron chi connectivity index (χ0n) is 22.0. The lowest BCUT2D eigenvalue weighted by atomic mass is 10.0. The van der Waals surface area contributed by atoms with Gasteiger partial charge >= 0.3 is 0 Å². The molecule has 0 heterocycles. The molecule has 0 unspecified atom stereocenters. The summed E-state index contributed by atoms with van der Waals surface area (Å²) in [5, 5.41) is 3.36. The number of para-hydroxylation sites is 1. The molecule has 1 N–H and O–H groups in total. The van der Waals surface area contributed by atoms with Crippen LogP contribution in [-0.2, 0) is 32.6 Å². The molecule has 1 atom stereocenters. The van der Waals surface area contributed by atoms with Crippen LogP contribution in [0.3, 0.4) is 0 Å². The van der Waals surface area contributed by atoms with E-state index in [0.29, 0.717) is 17.1 Å². The number of amides is 2. The van der Waals surface area contributed by atoms with Crippen molar-refractivity contribution in [3.8, 4) is 0 Å². The molecule has 0 aliphatic heterocycles. The van der Waals surface area contributed by atoms with E-state index < -0.39 is 34.3 Å². The van der Waals surface area contributed by atoms with E-state index in [2.05, 4.69) is 5.32 Å². The summed E-state index contributed by atoms with van der Waals surface area (Å²) in [7, 11) is -4.05. The van der Waals surface area contributed by atoms with Gasteiger partial charge in [0.2, 0.25) is 21.8 Å². The largest absolute Gasteiger partial charge is 0.354 e. The molecule has 3 aromatic rings. The minimum atomic E-state index is -4.05. The van der Waals surface area contributed by atoms with E-state index in [1.165, 1.54) is 23.1 Å². The van der Waals surface area contributed by atoms with Crippen LogP contribution in [0.1, 0.15) is 30.9 Å². The van der Waals surface area contributed by atoms with Gasteiger partial charge in [0.1, 0.15) is 18.4 Å². The summed E-state index contributed by atoms with van der Waals surface area (Å²) in [4.78, 5) is 28.8. The molecule has 0 aromatic heterocycles. The number of sulfonamides is 1. The van der Waals surface area contributed by atoms with Crippen molar-refractivity contribution < 1.29 is 22.4 Å². The van der Waals surface area contributed by atoms with Crippen molar-refractivity contribution in [1.29, 1.82) is 0 Å². The highest BCUT2D eigenvalue weighted by Crippen LogP contribution is 2.23. The van der Waals surface area contributed by atoms with Crippen LogP contribution in [-0.4, -0.2) is 50.5 Å². The molecule has 0 spiro atoms. The number of rotatable bonds is 13. The number of nitrogens with one attached hydrogen (secondary N) is 1. The lowest BCUT2D eigenvalue weighted by Gasteiger charge is -2.33. The van der Waals surface area contributed by atoms with Crippen molar-refractivity contribution in [3.05, 3.63) is 101 Å². The first-order valence-corrected chi connectivity index (χ1v) is 14.9. The summed E-state index contributed by atoms with van der Waals surface area (Å²) in [6.45, 7) is 1.75. The van der Waals surface area contributed by atoms with Gasteiger partial charge in [0, 0.05) is 24.5 Å². The normalized spacial score (nSPS) is 12.0. The molecule has 3 aromatic carbocycles. The van der Waals surface area contributed by atoms with Crippen LogP contribution >= 0.6 is 11.6 Å². The van der Waals surface area contributed by atoms with E-state index in [1.807, 2.05) is 37.3 Å². The Morgan fingerprint density at radius 2 is 1.64 bits per heavy atom. The Morgan fingerprint density at radius 1 is 0.974 bits per heavy atom. The highest BCUT2D eigenvalue weighted by Gasteiger charge is 2.33. The molecule has 0 fully saturated rings. The number of benzene rings is 3. The van der Waals surface area contributed by atoms with Crippen LogP contribution in [0.15, 0.2) is 78.9 Å². The number of carbonyl (C=O) groups excluding carboxylic acids is 2. The first-order chi connectivity index (χ1) is 18.6. The number of halogens is 2. The van der Waals surface area contributed by atoms with Gasteiger partial charge in [-0.1, -0.05) is 79.5 Å². The second-order valence-electron chi connectivity index (χ2n) is 9.22. The molecule has 0 saturated carbocycles. The van der Waals surface area contributed by atoms with Crippen molar-refractivity contribution in [2.75, 3.05) is 23.7 Å². The van der Waals surface area contributed by atoms with Gasteiger partial charge in [-0.2, -0.15) is 0 Å². The lowest BCUT2D eigenvalue weighted by molar-refractivity contribution is -0.140. The summed E-state index contributed by atoms with van der Waals surface area (Å²) in [5.41, 5.74) is 1.24. The fourth-order valence-corrected chi connectivity index (χ4v) is 5.20. The summed E-state index contributed by atoms with van der Waals surface area (Å²) < 4.78 is 40.8. The van der Waals surface area contributed by atoms with Crippen molar-refractivity contribution in [3.63, 3.8) is 0 Å². The van der Waals surface area contributed by atoms with Gasteiger partial charge in [-0.15, -0.1) is 0 Å². The number of hydrogen-bond donors (Lipinski definition) is 1. The number of nitrogens with zero attached hydrogens (tertiary/aromatic N) is 2. The van der Waals surface area contributed by atoms with Crippen LogP contribution in [0.5, 0.6) is 0 Å². The molecular formula is C29H33ClFN3O4S. The molecule has 0 saturated heterocycles. The van der Waals surface area contributed by atoms with Crippen molar-refractivity contribution in [2.45, 2.75) is 38.8 Å². The molecule has 0 radical (unpaired) electrons. The Labute approximate surface area is 234 Å². The second-order valence-corrected chi connectivity index (χ2v) is 11.6. The molecule has 208 valence electrons. The fraction of sp³-hybridized carbons (Fsp3) is 0.310. The predicted octanol–water partition coefficient (Wildman–Crippen LogP) is 4.80. The minimum absolute atomic E-state index is 0.00698. The molecular weight excluding hydrogens is 541 g/mol. The van der Waals surface area contributed by atoms with Crippen LogP contribution in [0.4, 0.5) is 10.1 Å². The molecule has 0 aliphatic carbocycles. The van der Waals surface area contributed by atoms with Crippen molar-refractivity contribution in [1.82, 2.24) is 10.2 Å². The summed E-state index contributed by atoms with van der Waals surface area (Å²) in [5.74, 6) is -1.80. The van der Waals surface area contributed by atoms with Crippen LogP contribution in [0.2, 0.25) is 5.02 Å². The monoisotopic (exact) mass is 573 g/mol. The zero-order valence-corrected chi connectivity index (χ0v) is 23.6. The SMILES string of the molecule is CCCCNC(=O)[C@H](Cc1ccccc1)N(Cc1cccc(Cl)c1)C(=O)CN(c1ccccc1F)S(C)(=O)=O. The zero-order chi connectivity index (χ0) is 28.4. The third-order valence-corrected chi connectivity index (χ3v) is 7.50. The lowest BCUT2D eigenvalue weighted by Crippen LogP contribution is -2.53. The fourth-order valence-electron chi connectivity index (χ4n) is 4.14. The average Bonchev–Trinajstić information content (AvgIpc) is 2.90. The number of unbranched alkanes of at least 4 members (excludes halogenated alkanes) is 1. The second kappa shape index (κ2) is 14.1. The van der Waals surface area contributed by atoms with Gasteiger partial charge in [-0.3, -0.25) is 13.9 Å². The van der Waals surface area contributed by atoms with E-state index in [1.54, 1.807) is 24.3 Å². The summed E-state index contributed by atoms with van der Waals surface area (Å²) >= 11 is 6.19. The van der Waals surface area contributed by atoms with Crippen LogP contribution < -0.4 is 9.62 Å². The van der Waals surface area contributed by atoms with Gasteiger partial charge in [0.05, 0.1) is 11.9 Å². The standard InChI is InChI=1S/C29H33ClFN3O4S/c1-3-4-17-32-29(36)27(19-22-11-6-5-7-12-22)33(20-23-13-10-14-24(30)18-23)28(35)21-34(39(2,37)38)26-16-9-8-15-25(26)31/h5-16,18,27H,3-4,17,19-21H2,1-2H3,(H,32,36)/t27-/m0/s1. The molecule has 10 heteroatoms. The third kappa shape index (κ3) is 8.80. The maximum Gasteiger partial charge on any atom is 0.244 e. The van der Waals surface area contributed by atoms with Crippen molar-refractivity contribution >= 4 is 39.1 Å². The van der Waals surface area contributed by atoms with Gasteiger partial charge in [-0.25, -0.2) is 12.8 Å².